The third-order valence-corrected chi connectivity index (χ3v) is 5.41. The van der Waals surface area contributed by atoms with Crippen molar-refractivity contribution in [3.63, 3.8) is 0 Å². The van der Waals surface area contributed by atoms with Crippen LogP contribution in [0.3, 0.4) is 0 Å². The number of benzene rings is 1. The Balaban J connectivity index is 2.14. The average molecular weight is 428 g/mol. The molecule has 1 aromatic carbocycles. The van der Waals surface area contributed by atoms with Gasteiger partial charge in [-0.25, -0.2) is 8.78 Å². The van der Waals surface area contributed by atoms with Gasteiger partial charge in [-0.05, 0) is 18.9 Å². The minimum Gasteiger partial charge on any atom is -0.350 e. The van der Waals surface area contributed by atoms with Crippen molar-refractivity contribution in [1.82, 2.24) is 0 Å². The van der Waals surface area contributed by atoms with Crippen molar-refractivity contribution in [3.05, 3.63) is 35.9 Å². The quantitative estimate of drug-likeness (QED) is 0.445. The molecule has 158 valence electrons. The molecule has 0 saturated carbocycles. The van der Waals surface area contributed by atoms with Gasteiger partial charge in [-0.1, -0.05) is 30.3 Å². The van der Waals surface area contributed by atoms with E-state index in [0.717, 1.165) is 0 Å². The fourth-order valence-electron chi connectivity index (χ4n) is 2.57. The number of hydrogen-bond acceptors (Lipinski definition) is 6. The Kier molecular flexibility index (Phi) is 7.18. The largest absolute Gasteiger partial charge is 0.427 e. The maximum atomic E-state index is 14.2. The topological polar surface area (TPSA) is 78.9 Å². The zero-order valence-electron chi connectivity index (χ0n) is 14.9. The summed E-state index contributed by atoms with van der Waals surface area (Å²) in [6.45, 7) is 1.62. The maximum Gasteiger partial charge on any atom is 0.427 e. The van der Waals surface area contributed by atoms with Crippen LogP contribution in [0.4, 0.5) is 17.6 Å². The fourth-order valence-corrected chi connectivity index (χ4v) is 3.52. The highest BCUT2D eigenvalue weighted by molar-refractivity contribution is 7.88. The minimum absolute atomic E-state index is 0.143. The Bertz CT molecular complexity index is 763. The first-order chi connectivity index (χ1) is 13.0. The molecule has 2 rings (SSSR count). The summed E-state index contributed by atoms with van der Waals surface area (Å²) in [6, 6.07) is 7.23. The average Bonchev–Trinajstić information content (AvgIpc) is 2.62. The molecule has 0 amide bonds. The predicted octanol–water partition coefficient (Wildman–Crippen LogP) is 2.91. The maximum absolute atomic E-state index is 14.2. The molecule has 0 N–H and O–H groups in total. The molecule has 0 radical (unpaired) electrons. The lowest BCUT2D eigenvalue weighted by atomic mass is 10.1. The molecule has 28 heavy (non-hydrogen) atoms. The van der Waals surface area contributed by atoms with Crippen molar-refractivity contribution in [2.24, 2.45) is 0 Å². The highest BCUT2D eigenvalue weighted by Crippen LogP contribution is 2.32. The van der Waals surface area contributed by atoms with Gasteiger partial charge in [0.2, 0.25) is 5.78 Å². The van der Waals surface area contributed by atoms with E-state index in [0.29, 0.717) is 6.42 Å². The van der Waals surface area contributed by atoms with Crippen LogP contribution in [0.15, 0.2) is 30.3 Å². The molecule has 1 aliphatic heterocycles. The fraction of sp³-hybridized carbons (Fsp3) is 0.588. The van der Waals surface area contributed by atoms with Gasteiger partial charge in [0, 0.05) is 12.8 Å². The van der Waals surface area contributed by atoms with Crippen LogP contribution in [-0.4, -0.2) is 51.0 Å². The van der Waals surface area contributed by atoms with E-state index >= 15 is 0 Å². The zero-order chi connectivity index (χ0) is 21.0. The zero-order valence-corrected chi connectivity index (χ0v) is 15.8. The lowest BCUT2D eigenvalue weighted by Crippen LogP contribution is -2.47. The molecule has 6 nitrogen and oxygen atoms in total. The predicted molar refractivity (Wildman–Crippen MR) is 89.4 cm³/mol. The van der Waals surface area contributed by atoms with E-state index in [1.54, 1.807) is 6.07 Å². The van der Waals surface area contributed by atoms with Crippen LogP contribution >= 0.6 is 0 Å². The Morgan fingerprint density at radius 3 is 2.32 bits per heavy atom. The van der Waals surface area contributed by atoms with Crippen LogP contribution in [0.5, 0.6) is 0 Å². The third-order valence-electron chi connectivity index (χ3n) is 4.05. The van der Waals surface area contributed by atoms with Crippen LogP contribution in [0.2, 0.25) is 0 Å². The first-order valence-corrected chi connectivity index (χ1v) is 9.82. The number of halogens is 4. The number of hydrogen-bond donors (Lipinski definition) is 0. The molecular weight excluding hydrogens is 408 g/mol. The summed E-state index contributed by atoms with van der Waals surface area (Å²) in [5, 5.41) is -4.99. The molecule has 1 aliphatic rings. The van der Waals surface area contributed by atoms with Gasteiger partial charge in [0.05, 0.1) is 13.2 Å². The number of ketones is 1. The second kappa shape index (κ2) is 8.85. The Morgan fingerprint density at radius 2 is 1.79 bits per heavy atom. The molecule has 1 unspecified atom stereocenters. The summed E-state index contributed by atoms with van der Waals surface area (Å²) >= 11 is 0. The second-order valence-corrected chi connectivity index (χ2v) is 8.03. The molecule has 0 aliphatic carbocycles. The van der Waals surface area contributed by atoms with Gasteiger partial charge in [0.25, 0.3) is 6.43 Å². The van der Waals surface area contributed by atoms with Crippen molar-refractivity contribution in [2.75, 3.05) is 13.2 Å². The highest BCUT2D eigenvalue weighted by Gasteiger charge is 2.55. The summed E-state index contributed by atoms with van der Waals surface area (Å²) in [4.78, 5) is 11.8. The van der Waals surface area contributed by atoms with Crippen LogP contribution in [-0.2, 0) is 35.0 Å². The van der Waals surface area contributed by atoms with E-state index in [4.69, 9.17) is 9.47 Å². The van der Waals surface area contributed by atoms with Gasteiger partial charge in [-0.15, -0.1) is 0 Å². The third kappa shape index (κ3) is 5.49. The molecule has 1 fully saturated rings. The minimum atomic E-state index is -5.97. The van der Waals surface area contributed by atoms with Crippen LogP contribution in [0.25, 0.3) is 0 Å². The Hall–Kier alpha value is -1.56. The van der Waals surface area contributed by atoms with E-state index in [-0.39, 0.29) is 18.8 Å². The van der Waals surface area contributed by atoms with Crippen molar-refractivity contribution < 1.29 is 44.4 Å². The molecule has 11 heteroatoms. The Labute approximate surface area is 159 Å². The second-order valence-electron chi connectivity index (χ2n) is 6.41. The summed E-state index contributed by atoms with van der Waals surface area (Å²) in [7, 11) is -5.97. The first-order valence-electron chi connectivity index (χ1n) is 8.41. The van der Waals surface area contributed by atoms with Crippen molar-refractivity contribution in [3.8, 4) is 0 Å². The summed E-state index contributed by atoms with van der Waals surface area (Å²) in [5.41, 5.74) is 0.143. The number of alkyl halides is 4. The van der Waals surface area contributed by atoms with Crippen molar-refractivity contribution in [1.29, 1.82) is 0 Å². The molecule has 0 aromatic heterocycles. The van der Waals surface area contributed by atoms with E-state index in [1.807, 2.05) is 0 Å². The summed E-state index contributed by atoms with van der Waals surface area (Å²) in [5.74, 6) is -3.60. The van der Waals surface area contributed by atoms with Gasteiger partial charge in [0.15, 0.2) is 5.79 Å². The number of carbonyl (C=O) groups is 1. The van der Waals surface area contributed by atoms with Gasteiger partial charge in [-0.2, -0.15) is 17.2 Å². The van der Waals surface area contributed by atoms with E-state index in [1.165, 1.54) is 31.2 Å². The first kappa shape index (κ1) is 22.7. The standard InChI is InChI=1S/C17H20F4O6S/c1-16(25-8-5-9-26-16)11-13(15(18)19)27-28(23,24)17(20,21)14(22)10-12-6-3-2-4-7-12/h2-4,6-7,13,15H,5,8-11H2,1H3. The van der Waals surface area contributed by atoms with Crippen LogP contribution in [0.1, 0.15) is 25.3 Å². The smallest absolute Gasteiger partial charge is 0.350 e. The molecule has 1 atom stereocenters. The monoisotopic (exact) mass is 428 g/mol. The summed E-state index contributed by atoms with van der Waals surface area (Å²) < 4.78 is 93.3. The molecule has 1 heterocycles. The lowest BCUT2D eigenvalue weighted by Gasteiger charge is -2.36. The number of Topliss-reactive ketones (excluding diaryl/α,β-unsaturated/α-hetero) is 1. The number of carbonyl (C=O) groups excluding carboxylic acids is 1. The van der Waals surface area contributed by atoms with Crippen LogP contribution in [0, 0.1) is 0 Å². The normalized spacial score (nSPS) is 18.8. The Morgan fingerprint density at radius 1 is 1.21 bits per heavy atom. The molecular formula is C17H20F4O6S. The van der Waals surface area contributed by atoms with Gasteiger partial charge >= 0.3 is 15.4 Å². The molecule has 0 spiro atoms. The van der Waals surface area contributed by atoms with Gasteiger partial charge in [0.1, 0.15) is 6.10 Å². The SMILES string of the molecule is CC1(CC(OS(=O)(=O)C(F)(F)C(=O)Cc2ccccc2)C(F)F)OCCCO1. The highest BCUT2D eigenvalue weighted by atomic mass is 32.2. The van der Waals surface area contributed by atoms with Crippen LogP contribution < -0.4 is 0 Å². The van der Waals surface area contributed by atoms with Crippen molar-refractivity contribution >= 4 is 15.9 Å². The summed E-state index contributed by atoms with van der Waals surface area (Å²) in [6.07, 6.45) is -7.11. The van der Waals surface area contributed by atoms with Gasteiger partial charge in [-0.3, -0.25) is 8.98 Å². The lowest BCUT2D eigenvalue weighted by molar-refractivity contribution is -0.270. The van der Waals surface area contributed by atoms with E-state index in [9.17, 15) is 30.8 Å². The number of rotatable bonds is 9. The molecule has 1 saturated heterocycles. The molecule has 1 aromatic rings. The van der Waals surface area contributed by atoms with Gasteiger partial charge < -0.3 is 9.47 Å². The van der Waals surface area contributed by atoms with E-state index in [2.05, 4.69) is 4.18 Å². The van der Waals surface area contributed by atoms with E-state index < -0.39 is 52.3 Å². The van der Waals surface area contributed by atoms with Crippen molar-refractivity contribution in [2.45, 2.75) is 49.8 Å². The number of ether oxygens (including phenoxy) is 2. The molecule has 0 bridgehead atoms.